The Balaban J connectivity index is 0.000000277. The first-order valence-corrected chi connectivity index (χ1v) is 8.69. The summed E-state index contributed by atoms with van der Waals surface area (Å²) in [6.45, 7) is 4.30. The minimum Gasteiger partial charge on any atom is -0.506 e. The molecular formula is C19H20N2O3S. The first-order chi connectivity index (χ1) is 12.1. The number of aromatic hydroxyl groups is 1. The van der Waals surface area contributed by atoms with Crippen molar-refractivity contribution in [1.29, 1.82) is 0 Å². The fourth-order valence-corrected chi connectivity index (χ4v) is 2.79. The fraction of sp³-hybridized carbons (Fsp3) is 0.211. The smallest absolute Gasteiger partial charge is 0.293 e. The van der Waals surface area contributed by atoms with Gasteiger partial charge in [-0.25, -0.2) is 0 Å². The van der Waals surface area contributed by atoms with E-state index in [1.165, 1.54) is 6.20 Å². The molecule has 3 aromatic rings. The van der Waals surface area contributed by atoms with E-state index in [-0.39, 0.29) is 11.9 Å². The van der Waals surface area contributed by atoms with Crippen molar-refractivity contribution in [1.82, 2.24) is 9.97 Å². The lowest BCUT2D eigenvalue weighted by Gasteiger charge is -2.04. The molecule has 0 aliphatic carbocycles. The van der Waals surface area contributed by atoms with Gasteiger partial charge < -0.3 is 9.84 Å². The molecule has 0 bridgehead atoms. The first kappa shape index (κ1) is 18.7. The van der Waals surface area contributed by atoms with E-state index in [4.69, 9.17) is 0 Å². The van der Waals surface area contributed by atoms with E-state index in [9.17, 15) is 9.90 Å². The van der Waals surface area contributed by atoms with Gasteiger partial charge in [-0.1, -0.05) is 18.7 Å². The van der Waals surface area contributed by atoms with E-state index in [2.05, 4.69) is 14.7 Å². The molecule has 0 radical (unpaired) electrons. The number of aromatic nitrogens is 2. The minimum absolute atomic E-state index is 0.0810. The van der Waals surface area contributed by atoms with Crippen molar-refractivity contribution in [2.45, 2.75) is 36.2 Å². The number of fused-ring (bicyclic) bond motifs is 1. The van der Waals surface area contributed by atoms with Crippen molar-refractivity contribution >= 4 is 29.0 Å². The summed E-state index contributed by atoms with van der Waals surface area (Å²) in [4.78, 5) is 19.8. The third kappa shape index (κ3) is 5.76. The number of nitrogens with zero attached hydrogens (tertiary/aromatic N) is 2. The van der Waals surface area contributed by atoms with Gasteiger partial charge in [-0.05, 0) is 43.7 Å². The molecule has 0 saturated heterocycles. The molecular weight excluding hydrogens is 336 g/mol. The summed E-state index contributed by atoms with van der Waals surface area (Å²) in [5.41, 5.74) is 0. The zero-order valence-electron chi connectivity index (χ0n) is 14.1. The lowest BCUT2D eigenvalue weighted by molar-refractivity contribution is -0.132. The van der Waals surface area contributed by atoms with Crippen LogP contribution in [0.25, 0.3) is 10.8 Å². The predicted molar refractivity (Wildman–Crippen MR) is 98.7 cm³/mol. The van der Waals surface area contributed by atoms with Crippen LogP contribution in [-0.2, 0) is 9.53 Å². The molecule has 1 unspecified atom stereocenters. The summed E-state index contributed by atoms with van der Waals surface area (Å²) < 4.78 is 4.51. The summed E-state index contributed by atoms with van der Waals surface area (Å²) in [6.07, 6.45) is 7.73. The molecule has 0 saturated carbocycles. The SMILES string of the molecule is CCC(C)OC=O.Oc1cncc2cc(Sc3ccncc3)ccc12. The highest BCUT2D eigenvalue weighted by Gasteiger charge is 2.02. The Labute approximate surface area is 151 Å². The maximum atomic E-state index is 9.67. The van der Waals surface area contributed by atoms with E-state index >= 15 is 0 Å². The lowest BCUT2D eigenvalue weighted by Crippen LogP contribution is -2.03. The molecule has 0 spiro atoms. The fourth-order valence-electron chi connectivity index (χ4n) is 1.94. The monoisotopic (exact) mass is 356 g/mol. The highest BCUT2D eigenvalue weighted by Crippen LogP contribution is 2.31. The Hall–Kier alpha value is -2.60. The van der Waals surface area contributed by atoms with Crippen LogP contribution >= 0.6 is 11.8 Å². The van der Waals surface area contributed by atoms with E-state index < -0.39 is 0 Å². The maximum absolute atomic E-state index is 9.67. The molecule has 2 aromatic heterocycles. The van der Waals surface area contributed by atoms with Gasteiger partial charge in [0.1, 0.15) is 5.75 Å². The molecule has 1 aromatic carbocycles. The number of hydrogen-bond acceptors (Lipinski definition) is 6. The van der Waals surface area contributed by atoms with Gasteiger partial charge in [0.2, 0.25) is 0 Å². The Morgan fingerprint density at radius 3 is 2.56 bits per heavy atom. The number of rotatable bonds is 5. The molecule has 0 amide bonds. The van der Waals surface area contributed by atoms with Crippen LogP contribution in [0.1, 0.15) is 20.3 Å². The first-order valence-electron chi connectivity index (χ1n) is 7.87. The zero-order valence-corrected chi connectivity index (χ0v) is 14.9. The minimum atomic E-state index is 0.0810. The van der Waals surface area contributed by atoms with Gasteiger partial charge in [-0.3, -0.25) is 14.8 Å². The molecule has 2 heterocycles. The van der Waals surface area contributed by atoms with Crippen LogP contribution < -0.4 is 0 Å². The third-order valence-corrected chi connectivity index (χ3v) is 4.46. The molecule has 6 heteroatoms. The summed E-state index contributed by atoms with van der Waals surface area (Å²) in [5.74, 6) is 0.216. The Morgan fingerprint density at radius 2 is 1.92 bits per heavy atom. The maximum Gasteiger partial charge on any atom is 0.293 e. The van der Waals surface area contributed by atoms with E-state index in [1.807, 2.05) is 44.2 Å². The van der Waals surface area contributed by atoms with Crippen molar-refractivity contribution < 1.29 is 14.6 Å². The summed E-state index contributed by atoms with van der Waals surface area (Å²) in [5, 5.41) is 11.4. The van der Waals surface area contributed by atoms with Crippen molar-refractivity contribution in [3.8, 4) is 5.75 Å². The van der Waals surface area contributed by atoms with E-state index in [1.54, 1.807) is 30.4 Å². The van der Waals surface area contributed by atoms with Gasteiger partial charge in [-0.15, -0.1) is 0 Å². The topological polar surface area (TPSA) is 72.3 Å². The van der Waals surface area contributed by atoms with Gasteiger partial charge in [0.05, 0.1) is 12.3 Å². The van der Waals surface area contributed by atoms with Crippen LogP contribution in [0.15, 0.2) is 64.9 Å². The van der Waals surface area contributed by atoms with E-state index in [0.29, 0.717) is 6.47 Å². The van der Waals surface area contributed by atoms with Crippen LogP contribution in [0.5, 0.6) is 5.75 Å². The predicted octanol–water partition coefficient (Wildman–Crippen LogP) is 4.44. The number of carbonyl (C=O) groups is 1. The summed E-state index contributed by atoms with van der Waals surface area (Å²) in [6, 6.07) is 9.86. The second-order valence-corrected chi connectivity index (χ2v) is 6.42. The zero-order chi connectivity index (χ0) is 18.1. The van der Waals surface area contributed by atoms with Crippen LogP contribution in [0, 0.1) is 0 Å². The Morgan fingerprint density at radius 1 is 1.16 bits per heavy atom. The van der Waals surface area contributed by atoms with Crippen molar-refractivity contribution in [2.24, 2.45) is 0 Å². The molecule has 5 nitrogen and oxygen atoms in total. The molecule has 25 heavy (non-hydrogen) atoms. The highest BCUT2D eigenvalue weighted by molar-refractivity contribution is 7.99. The summed E-state index contributed by atoms with van der Waals surface area (Å²) >= 11 is 1.66. The van der Waals surface area contributed by atoms with Gasteiger partial charge >= 0.3 is 0 Å². The quantitative estimate of drug-likeness (QED) is 0.681. The number of pyridine rings is 2. The number of carbonyl (C=O) groups excluding carboxylic acids is 1. The van der Waals surface area contributed by atoms with Crippen LogP contribution in [0.3, 0.4) is 0 Å². The lowest BCUT2D eigenvalue weighted by atomic mass is 10.2. The molecule has 1 atom stereocenters. The van der Waals surface area contributed by atoms with E-state index in [0.717, 1.165) is 27.0 Å². The molecule has 0 aliphatic rings. The molecule has 1 N–H and O–H groups in total. The van der Waals surface area contributed by atoms with Crippen LogP contribution in [-0.4, -0.2) is 27.7 Å². The third-order valence-electron chi connectivity index (χ3n) is 3.46. The van der Waals surface area contributed by atoms with Crippen molar-refractivity contribution in [2.75, 3.05) is 0 Å². The largest absolute Gasteiger partial charge is 0.506 e. The second kappa shape index (κ2) is 9.64. The Bertz CT molecular complexity index is 812. The van der Waals surface area contributed by atoms with Crippen molar-refractivity contribution in [3.63, 3.8) is 0 Å². The standard InChI is InChI=1S/C14H10N2OS.C5H10O2/c17-14-9-16-8-10-7-12(1-2-13(10)14)18-11-3-5-15-6-4-11;1-3-5(2)7-4-6/h1-9,17H;4-5H,3H2,1-2H3. The molecule has 0 aliphatic heterocycles. The number of ether oxygens (including phenoxy) is 1. The van der Waals surface area contributed by atoms with Gasteiger partial charge in [-0.2, -0.15) is 0 Å². The molecule has 0 fully saturated rings. The van der Waals surface area contributed by atoms with Crippen molar-refractivity contribution in [3.05, 3.63) is 55.1 Å². The normalized spacial score (nSPS) is 11.3. The average Bonchev–Trinajstić information content (AvgIpc) is 2.63. The second-order valence-electron chi connectivity index (χ2n) is 5.28. The van der Waals surface area contributed by atoms with Crippen LogP contribution in [0.2, 0.25) is 0 Å². The number of hydrogen-bond donors (Lipinski definition) is 1. The molecule has 130 valence electrons. The highest BCUT2D eigenvalue weighted by atomic mass is 32.2. The van der Waals surface area contributed by atoms with Gasteiger partial charge in [0.25, 0.3) is 6.47 Å². The van der Waals surface area contributed by atoms with Crippen LogP contribution in [0.4, 0.5) is 0 Å². The molecule has 3 rings (SSSR count). The Kier molecular flexibility index (Phi) is 7.22. The average molecular weight is 356 g/mol. The van der Waals surface area contributed by atoms with Gasteiger partial charge in [0, 0.05) is 39.2 Å². The number of benzene rings is 1. The van der Waals surface area contributed by atoms with Gasteiger partial charge in [0.15, 0.2) is 0 Å². The summed E-state index contributed by atoms with van der Waals surface area (Å²) in [7, 11) is 0.